The van der Waals surface area contributed by atoms with Gasteiger partial charge in [-0.25, -0.2) is 9.78 Å². The van der Waals surface area contributed by atoms with Gasteiger partial charge in [0.1, 0.15) is 0 Å². The van der Waals surface area contributed by atoms with E-state index in [2.05, 4.69) is 25.6 Å². The smallest absolute Gasteiger partial charge is 0.321 e. The number of aldehydes is 1. The van der Waals surface area contributed by atoms with E-state index in [0.29, 0.717) is 17.2 Å². The summed E-state index contributed by atoms with van der Waals surface area (Å²) >= 11 is 1.38. The van der Waals surface area contributed by atoms with Crippen LogP contribution in [-0.4, -0.2) is 33.8 Å². The number of carbonyl (C=O) groups excluding carboxylic acids is 2. The number of nitrogens with zero attached hydrogens (tertiary/aromatic N) is 3. The van der Waals surface area contributed by atoms with Crippen LogP contribution in [0.2, 0.25) is 0 Å². The van der Waals surface area contributed by atoms with Crippen molar-refractivity contribution >= 4 is 39.0 Å². The number of amides is 2. The Morgan fingerprint density at radius 1 is 1.17 bits per heavy atom. The van der Waals surface area contributed by atoms with Crippen LogP contribution in [0.3, 0.4) is 0 Å². The minimum absolute atomic E-state index is 0.297. The Hall–Kier alpha value is -3.65. The zero-order valence-electron chi connectivity index (χ0n) is 15.5. The fourth-order valence-electron chi connectivity index (χ4n) is 2.91. The number of carbonyl (C=O) groups is 2. The summed E-state index contributed by atoms with van der Waals surface area (Å²) in [6.07, 6.45) is 5.81. The summed E-state index contributed by atoms with van der Waals surface area (Å²) in [5.41, 5.74) is 4.75. The Labute approximate surface area is 170 Å². The summed E-state index contributed by atoms with van der Waals surface area (Å²) in [7, 11) is 0. The number of anilines is 1. The number of benzene rings is 1. The molecule has 0 fully saturated rings. The van der Waals surface area contributed by atoms with Crippen molar-refractivity contribution in [2.75, 3.05) is 11.9 Å². The highest BCUT2D eigenvalue weighted by molar-refractivity contribution is 7.22. The summed E-state index contributed by atoms with van der Waals surface area (Å²) in [6.45, 7) is 2.38. The first-order chi connectivity index (χ1) is 14.2. The molecule has 0 radical (unpaired) electrons. The molecule has 0 saturated heterocycles. The lowest BCUT2D eigenvalue weighted by Gasteiger charge is -2.07. The molecule has 8 heteroatoms. The molecule has 4 aromatic rings. The van der Waals surface area contributed by atoms with E-state index in [9.17, 15) is 9.59 Å². The molecule has 0 atom stereocenters. The van der Waals surface area contributed by atoms with E-state index in [4.69, 9.17) is 0 Å². The molecule has 1 aromatic carbocycles. The van der Waals surface area contributed by atoms with Crippen molar-refractivity contribution in [3.8, 4) is 22.4 Å². The van der Waals surface area contributed by atoms with Gasteiger partial charge in [0.25, 0.3) is 0 Å². The largest absolute Gasteiger partial charge is 0.338 e. The van der Waals surface area contributed by atoms with Gasteiger partial charge >= 0.3 is 6.03 Å². The molecule has 144 valence electrons. The van der Waals surface area contributed by atoms with E-state index in [-0.39, 0.29) is 6.03 Å². The number of fused-ring (bicyclic) bond motifs is 1. The van der Waals surface area contributed by atoms with Crippen LogP contribution in [0.4, 0.5) is 9.93 Å². The molecule has 0 aliphatic heterocycles. The molecule has 0 aliphatic carbocycles. The fourth-order valence-corrected chi connectivity index (χ4v) is 3.88. The van der Waals surface area contributed by atoms with Crippen LogP contribution in [0.1, 0.15) is 17.3 Å². The average molecular weight is 403 g/mol. The van der Waals surface area contributed by atoms with Crippen LogP contribution in [0, 0.1) is 0 Å². The van der Waals surface area contributed by atoms with Crippen LogP contribution in [0.25, 0.3) is 32.6 Å². The van der Waals surface area contributed by atoms with Crippen molar-refractivity contribution in [3.05, 3.63) is 60.6 Å². The normalized spacial score (nSPS) is 10.7. The quantitative estimate of drug-likeness (QED) is 0.482. The first kappa shape index (κ1) is 18.7. The van der Waals surface area contributed by atoms with Gasteiger partial charge in [0.15, 0.2) is 11.4 Å². The Kier molecular flexibility index (Phi) is 5.26. The van der Waals surface area contributed by atoms with Gasteiger partial charge in [0, 0.05) is 41.8 Å². The van der Waals surface area contributed by atoms with Gasteiger partial charge in [-0.2, -0.15) is 0 Å². The highest BCUT2D eigenvalue weighted by Gasteiger charge is 2.15. The van der Waals surface area contributed by atoms with Crippen LogP contribution < -0.4 is 10.6 Å². The van der Waals surface area contributed by atoms with Crippen molar-refractivity contribution in [3.63, 3.8) is 0 Å². The van der Waals surface area contributed by atoms with E-state index < -0.39 is 0 Å². The van der Waals surface area contributed by atoms with E-state index in [1.165, 1.54) is 11.3 Å². The van der Waals surface area contributed by atoms with Gasteiger partial charge in [-0.05, 0) is 42.8 Å². The molecule has 4 rings (SSSR count). The van der Waals surface area contributed by atoms with E-state index in [1.807, 2.05) is 37.3 Å². The Balaban J connectivity index is 1.86. The number of hydrogen-bond donors (Lipinski definition) is 2. The number of pyridine rings is 2. The predicted octanol–water partition coefficient (Wildman–Crippen LogP) is 4.37. The second-order valence-electron chi connectivity index (χ2n) is 6.21. The lowest BCUT2D eigenvalue weighted by molar-refractivity contribution is 0.112. The number of aromatic nitrogens is 3. The van der Waals surface area contributed by atoms with E-state index >= 15 is 0 Å². The summed E-state index contributed by atoms with van der Waals surface area (Å²) in [5, 5.41) is 5.96. The fraction of sp³-hybridized carbons (Fsp3) is 0.0952. The van der Waals surface area contributed by atoms with Gasteiger partial charge in [-0.15, -0.1) is 0 Å². The SMILES string of the molecule is CCNC(=O)Nc1nc2cc(-c3cccnc3)cc(-c3ccc(C=O)cn3)c2s1. The lowest BCUT2D eigenvalue weighted by Crippen LogP contribution is -2.28. The van der Waals surface area contributed by atoms with Gasteiger partial charge < -0.3 is 5.32 Å². The van der Waals surface area contributed by atoms with Gasteiger partial charge in [-0.3, -0.25) is 20.1 Å². The predicted molar refractivity (Wildman–Crippen MR) is 114 cm³/mol. The zero-order chi connectivity index (χ0) is 20.2. The molecule has 2 amide bonds. The van der Waals surface area contributed by atoms with Crippen LogP contribution >= 0.6 is 11.3 Å². The van der Waals surface area contributed by atoms with Crippen molar-refractivity contribution in [1.29, 1.82) is 0 Å². The molecule has 29 heavy (non-hydrogen) atoms. The second kappa shape index (κ2) is 8.15. The molecule has 0 saturated carbocycles. The first-order valence-electron chi connectivity index (χ1n) is 8.99. The second-order valence-corrected chi connectivity index (χ2v) is 7.21. The number of thiazole rings is 1. The molecule has 0 aliphatic rings. The molecule has 7 nitrogen and oxygen atoms in total. The average Bonchev–Trinajstić information content (AvgIpc) is 3.16. The third kappa shape index (κ3) is 3.97. The van der Waals surface area contributed by atoms with Crippen LogP contribution in [0.5, 0.6) is 0 Å². The summed E-state index contributed by atoms with van der Waals surface area (Å²) in [4.78, 5) is 36.1. The first-order valence-corrected chi connectivity index (χ1v) is 9.81. The molecule has 3 heterocycles. The van der Waals surface area contributed by atoms with Gasteiger partial charge in [0.05, 0.1) is 15.9 Å². The summed E-state index contributed by atoms with van der Waals surface area (Å²) < 4.78 is 0.899. The number of hydrogen-bond acceptors (Lipinski definition) is 6. The highest BCUT2D eigenvalue weighted by atomic mass is 32.1. The standard InChI is InChI=1S/C21H17N5O2S/c1-2-23-20(28)26-21-25-18-9-15(14-4-3-7-22-11-14)8-16(19(18)29-21)17-6-5-13(12-27)10-24-17/h3-12H,2H2,1H3,(H2,23,25,26,28). The minimum atomic E-state index is -0.297. The van der Waals surface area contributed by atoms with Gasteiger partial charge in [0.2, 0.25) is 0 Å². The Morgan fingerprint density at radius 3 is 2.76 bits per heavy atom. The topological polar surface area (TPSA) is 96.9 Å². The van der Waals surface area contributed by atoms with Crippen molar-refractivity contribution in [2.24, 2.45) is 0 Å². The molecule has 3 aromatic heterocycles. The van der Waals surface area contributed by atoms with Crippen molar-refractivity contribution < 1.29 is 9.59 Å². The molecule has 0 spiro atoms. The number of nitrogens with one attached hydrogen (secondary N) is 2. The number of urea groups is 1. The Morgan fingerprint density at radius 2 is 2.07 bits per heavy atom. The lowest BCUT2D eigenvalue weighted by atomic mass is 10.0. The molecule has 2 N–H and O–H groups in total. The maximum Gasteiger partial charge on any atom is 0.321 e. The van der Waals surface area contributed by atoms with E-state index in [1.54, 1.807) is 24.7 Å². The monoisotopic (exact) mass is 403 g/mol. The molecule has 0 bridgehead atoms. The minimum Gasteiger partial charge on any atom is -0.338 e. The molecular weight excluding hydrogens is 386 g/mol. The van der Waals surface area contributed by atoms with Crippen LogP contribution in [0.15, 0.2) is 55.0 Å². The molecular formula is C21H17N5O2S. The van der Waals surface area contributed by atoms with Crippen molar-refractivity contribution in [2.45, 2.75) is 6.92 Å². The van der Waals surface area contributed by atoms with Gasteiger partial charge in [-0.1, -0.05) is 17.4 Å². The van der Waals surface area contributed by atoms with Crippen molar-refractivity contribution in [1.82, 2.24) is 20.3 Å². The Bertz CT molecular complexity index is 1170. The third-order valence-corrected chi connectivity index (χ3v) is 5.26. The summed E-state index contributed by atoms with van der Waals surface area (Å²) in [5.74, 6) is 0. The maximum absolute atomic E-state index is 11.9. The molecule has 0 unspecified atom stereocenters. The third-order valence-electron chi connectivity index (χ3n) is 4.24. The number of rotatable bonds is 5. The zero-order valence-corrected chi connectivity index (χ0v) is 16.4. The maximum atomic E-state index is 11.9. The van der Waals surface area contributed by atoms with Crippen LogP contribution in [-0.2, 0) is 0 Å². The van der Waals surface area contributed by atoms with E-state index in [0.717, 1.165) is 38.9 Å². The summed E-state index contributed by atoms with van der Waals surface area (Å²) in [6, 6.07) is 11.1. The highest BCUT2D eigenvalue weighted by Crippen LogP contribution is 2.38.